The van der Waals surface area contributed by atoms with E-state index in [1.54, 1.807) is 0 Å². The number of hydrogen-bond acceptors (Lipinski definition) is 11. The Morgan fingerprint density at radius 1 is 0.885 bits per heavy atom. The molecular formula is C15H29NO10. The fourth-order valence-corrected chi connectivity index (χ4v) is 2.90. The van der Waals surface area contributed by atoms with Gasteiger partial charge >= 0.3 is 0 Å². The summed E-state index contributed by atoms with van der Waals surface area (Å²) in [5, 5.41) is 59.3. The van der Waals surface area contributed by atoms with Gasteiger partial charge in [0.2, 0.25) is 0 Å². The van der Waals surface area contributed by atoms with Gasteiger partial charge in [-0.1, -0.05) is 0 Å². The van der Waals surface area contributed by atoms with Gasteiger partial charge in [0.1, 0.15) is 42.7 Å². The lowest BCUT2D eigenvalue weighted by Crippen LogP contribution is -2.64. The smallest absolute Gasteiger partial charge is 0.187 e. The van der Waals surface area contributed by atoms with Crippen LogP contribution in [0.25, 0.3) is 0 Å². The standard InChI is InChI=1S/C15H29NO10/c1-6-8(18)10(20)12(22)14(24-6)26-13-11(21)9(19)7(5-17)25-15(13)23-4-2-3-16/h6-15,17-22H,2-5,16H2,1H3/t6-,7+,8+,9-,10+,11-,12-,13+,14-,15+/m0/s1. The molecule has 11 heteroatoms. The quantitative estimate of drug-likeness (QED) is 0.213. The molecule has 0 radical (unpaired) electrons. The van der Waals surface area contributed by atoms with Crippen LogP contribution in [0, 0.1) is 0 Å². The summed E-state index contributed by atoms with van der Waals surface area (Å²) in [6, 6.07) is 0. The second kappa shape index (κ2) is 9.66. The zero-order valence-electron chi connectivity index (χ0n) is 14.5. The van der Waals surface area contributed by atoms with Crippen LogP contribution < -0.4 is 5.73 Å². The highest BCUT2D eigenvalue weighted by atomic mass is 16.8. The zero-order chi connectivity index (χ0) is 19.4. The van der Waals surface area contributed by atoms with Crippen LogP contribution in [0.15, 0.2) is 0 Å². The summed E-state index contributed by atoms with van der Waals surface area (Å²) in [6.45, 7) is 1.47. The van der Waals surface area contributed by atoms with Crippen molar-refractivity contribution in [2.45, 2.75) is 74.8 Å². The van der Waals surface area contributed by atoms with Crippen molar-refractivity contribution in [1.29, 1.82) is 0 Å². The van der Waals surface area contributed by atoms with Crippen LogP contribution >= 0.6 is 0 Å². The predicted octanol–water partition coefficient (Wildman–Crippen LogP) is -4.00. The van der Waals surface area contributed by atoms with E-state index in [4.69, 9.17) is 24.7 Å². The van der Waals surface area contributed by atoms with Gasteiger partial charge in [-0.25, -0.2) is 0 Å². The van der Waals surface area contributed by atoms with Crippen molar-refractivity contribution >= 4 is 0 Å². The molecule has 0 saturated carbocycles. The second-order valence-electron chi connectivity index (χ2n) is 6.50. The summed E-state index contributed by atoms with van der Waals surface area (Å²) in [7, 11) is 0. The molecule has 154 valence electrons. The molecule has 2 aliphatic heterocycles. The Hall–Kier alpha value is -0.440. The summed E-state index contributed by atoms with van der Waals surface area (Å²) in [5.74, 6) is 0. The summed E-state index contributed by atoms with van der Waals surface area (Å²) >= 11 is 0. The van der Waals surface area contributed by atoms with Crippen LogP contribution in [0.4, 0.5) is 0 Å². The van der Waals surface area contributed by atoms with Crippen LogP contribution in [0.1, 0.15) is 13.3 Å². The number of aliphatic hydroxyl groups is 6. The summed E-state index contributed by atoms with van der Waals surface area (Å²) in [5.41, 5.74) is 5.41. The van der Waals surface area contributed by atoms with E-state index in [9.17, 15) is 30.6 Å². The highest BCUT2D eigenvalue weighted by Crippen LogP contribution is 2.29. The lowest BCUT2D eigenvalue weighted by Gasteiger charge is -2.45. The Kier molecular flexibility index (Phi) is 8.12. The minimum Gasteiger partial charge on any atom is -0.394 e. The van der Waals surface area contributed by atoms with Crippen molar-refractivity contribution in [3.05, 3.63) is 0 Å². The largest absolute Gasteiger partial charge is 0.394 e. The molecule has 2 aliphatic rings. The maximum Gasteiger partial charge on any atom is 0.187 e. The first-order chi connectivity index (χ1) is 12.3. The molecule has 0 unspecified atom stereocenters. The monoisotopic (exact) mass is 383 g/mol. The highest BCUT2D eigenvalue weighted by Gasteiger charge is 2.50. The van der Waals surface area contributed by atoms with Gasteiger partial charge in [0.05, 0.1) is 19.3 Å². The molecule has 8 N–H and O–H groups in total. The highest BCUT2D eigenvalue weighted by molar-refractivity contribution is 4.93. The van der Waals surface area contributed by atoms with Crippen molar-refractivity contribution in [3.63, 3.8) is 0 Å². The van der Waals surface area contributed by atoms with Crippen molar-refractivity contribution in [2.75, 3.05) is 19.8 Å². The molecule has 0 aliphatic carbocycles. The maximum atomic E-state index is 10.3. The molecule has 0 amide bonds. The Morgan fingerprint density at radius 2 is 1.58 bits per heavy atom. The number of rotatable bonds is 7. The van der Waals surface area contributed by atoms with Gasteiger partial charge in [0.25, 0.3) is 0 Å². The Morgan fingerprint density at radius 3 is 2.19 bits per heavy atom. The average molecular weight is 383 g/mol. The normalized spacial score (nSPS) is 47.1. The Labute approximate surface area is 150 Å². The van der Waals surface area contributed by atoms with E-state index in [0.717, 1.165) is 0 Å². The number of aliphatic hydroxyl groups excluding tert-OH is 6. The third kappa shape index (κ3) is 4.69. The SMILES string of the molecule is C[C@@H]1O[C@@H](O[C@H]2[C@H](OCCCN)O[C@H](CO)[C@H](O)[C@@H]2O)[C@@H](O)[C@H](O)[C@@H]1O. The lowest BCUT2D eigenvalue weighted by molar-refractivity contribution is -0.364. The van der Waals surface area contributed by atoms with Gasteiger partial charge < -0.3 is 55.3 Å². The van der Waals surface area contributed by atoms with Crippen LogP contribution in [0.2, 0.25) is 0 Å². The molecule has 2 saturated heterocycles. The third-order valence-electron chi connectivity index (χ3n) is 4.55. The molecule has 2 rings (SSSR count). The molecule has 0 aromatic rings. The summed E-state index contributed by atoms with van der Waals surface area (Å²) in [6.07, 6.45) is -12.7. The zero-order valence-corrected chi connectivity index (χ0v) is 14.5. The minimum atomic E-state index is -1.59. The van der Waals surface area contributed by atoms with E-state index in [-0.39, 0.29) is 6.61 Å². The predicted molar refractivity (Wildman–Crippen MR) is 84.6 cm³/mol. The van der Waals surface area contributed by atoms with Gasteiger partial charge in [-0.05, 0) is 19.9 Å². The summed E-state index contributed by atoms with van der Waals surface area (Å²) in [4.78, 5) is 0. The van der Waals surface area contributed by atoms with Gasteiger partial charge in [-0.3, -0.25) is 0 Å². The van der Waals surface area contributed by atoms with Crippen molar-refractivity contribution in [1.82, 2.24) is 0 Å². The van der Waals surface area contributed by atoms with Gasteiger partial charge in [0, 0.05) is 0 Å². The molecule has 0 bridgehead atoms. The molecule has 0 aromatic heterocycles. The van der Waals surface area contributed by atoms with E-state index >= 15 is 0 Å². The minimum absolute atomic E-state index is 0.174. The summed E-state index contributed by atoms with van der Waals surface area (Å²) < 4.78 is 21.8. The van der Waals surface area contributed by atoms with E-state index < -0.39 is 68.0 Å². The fourth-order valence-electron chi connectivity index (χ4n) is 2.90. The Bertz CT molecular complexity index is 429. The van der Waals surface area contributed by atoms with Crippen LogP contribution in [-0.4, -0.2) is 112 Å². The van der Waals surface area contributed by atoms with E-state index in [1.807, 2.05) is 0 Å². The average Bonchev–Trinajstić information content (AvgIpc) is 2.63. The van der Waals surface area contributed by atoms with Crippen molar-refractivity contribution < 1.29 is 49.6 Å². The molecule has 0 aromatic carbocycles. The molecule has 2 fully saturated rings. The van der Waals surface area contributed by atoms with Crippen molar-refractivity contribution in [3.8, 4) is 0 Å². The van der Waals surface area contributed by atoms with Gasteiger partial charge in [-0.2, -0.15) is 0 Å². The van der Waals surface area contributed by atoms with Crippen molar-refractivity contribution in [2.24, 2.45) is 5.73 Å². The van der Waals surface area contributed by atoms with E-state index in [2.05, 4.69) is 0 Å². The first kappa shape index (κ1) is 21.9. The molecule has 10 atom stereocenters. The van der Waals surface area contributed by atoms with Crippen LogP contribution in [0.5, 0.6) is 0 Å². The van der Waals surface area contributed by atoms with Crippen LogP contribution in [0.3, 0.4) is 0 Å². The Balaban J connectivity index is 2.11. The first-order valence-electron chi connectivity index (χ1n) is 8.61. The van der Waals surface area contributed by atoms with Crippen LogP contribution in [-0.2, 0) is 18.9 Å². The lowest BCUT2D eigenvalue weighted by atomic mass is 9.97. The molecule has 11 nitrogen and oxygen atoms in total. The number of nitrogens with two attached hydrogens (primary N) is 1. The van der Waals surface area contributed by atoms with E-state index in [1.165, 1.54) is 6.92 Å². The maximum absolute atomic E-state index is 10.3. The number of ether oxygens (including phenoxy) is 4. The van der Waals surface area contributed by atoms with E-state index in [0.29, 0.717) is 13.0 Å². The molecule has 2 heterocycles. The third-order valence-corrected chi connectivity index (χ3v) is 4.55. The molecule has 0 spiro atoms. The first-order valence-corrected chi connectivity index (χ1v) is 8.61. The fraction of sp³-hybridized carbons (Fsp3) is 1.00. The molecule has 26 heavy (non-hydrogen) atoms. The van der Waals surface area contributed by atoms with Gasteiger partial charge in [0.15, 0.2) is 12.6 Å². The second-order valence-corrected chi connectivity index (χ2v) is 6.50. The topological polar surface area (TPSA) is 184 Å². The van der Waals surface area contributed by atoms with Gasteiger partial charge in [-0.15, -0.1) is 0 Å². The number of hydrogen-bond donors (Lipinski definition) is 7. The molecular weight excluding hydrogens is 354 g/mol.